The van der Waals surface area contributed by atoms with Gasteiger partial charge in [0.25, 0.3) is 11.8 Å². The molecule has 0 bridgehead atoms. The van der Waals surface area contributed by atoms with E-state index in [1.54, 1.807) is 37.3 Å². The molecule has 8 heteroatoms. The Kier molecular flexibility index (Phi) is 8.02. The number of hydrazine groups is 1. The summed E-state index contributed by atoms with van der Waals surface area (Å²) in [5, 5.41) is 2.52. The van der Waals surface area contributed by atoms with Crippen molar-refractivity contribution in [3.05, 3.63) is 59.7 Å². The van der Waals surface area contributed by atoms with Crippen molar-refractivity contribution >= 4 is 29.3 Å². The summed E-state index contributed by atoms with van der Waals surface area (Å²) < 4.78 is 4.80. The Labute approximate surface area is 170 Å². The van der Waals surface area contributed by atoms with Crippen molar-refractivity contribution in [1.82, 2.24) is 10.9 Å². The summed E-state index contributed by atoms with van der Waals surface area (Å²) in [7, 11) is 0. The number of amides is 3. The predicted molar refractivity (Wildman–Crippen MR) is 112 cm³/mol. The highest BCUT2D eigenvalue weighted by atomic mass is 16.5. The molecule has 29 heavy (non-hydrogen) atoms. The van der Waals surface area contributed by atoms with E-state index < -0.39 is 17.9 Å². The molecule has 8 nitrogen and oxygen atoms in total. The molecular weight excluding hydrogens is 372 g/mol. The SMILES string of the molecule is CCOC(=O)Nc1cccc(C(=O)NNC(=O)c2ccc(N(CC)CC)cc2)c1. The molecule has 0 fully saturated rings. The van der Waals surface area contributed by atoms with E-state index in [9.17, 15) is 14.4 Å². The molecule has 0 atom stereocenters. The van der Waals surface area contributed by atoms with Crippen LogP contribution in [-0.2, 0) is 4.74 Å². The van der Waals surface area contributed by atoms with Crippen molar-refractivity contribution in [2.24, 2.45) is 0 Å². The Balaban J connectivity index is 1.94. The number of rotatable bonds is 7. The fourth-order valence-corrected chi connectivity index (χ4v) is 2.69. The number of anilines is 2. The van der Waals surface area contributed by atoms with E-state index in [0.29, 0.717) is 11.3 Å². The van der Waals surface area contributed by atoms with Crippen LogP contribution >= 0.6 is 0 Å². The fourth-order valence-electron chi connectivity index (χ4n) is 2.69. The number of nitrogens with one attached hydrogen (secondary N) is 3. The Morgan fingerprint density at radius 2 is 1.48 bits per heavy atom. The monoisotopic (exact) mass is 398 g/mol. The second-order valence-corrected chi connectivity index (χ2v) is 6.05. The summed E-state index contributed by atoms with van der Waals surface area (Å²) in [6.07, 6.45) is -0.605. The highest BCUT2D eigenvalue weighted by molar-refractivity contribution is 6.00. The minimum atomic E-state index is -0.605. The average Bonchev–Trinajstić information content (AvgIpc) is 2.73. The van der Waals surface area contributed by atoms with Crippen LogP contribution < -0.4 is 21.1 Å². The van der Waals surface area contributed by atoms with Crippen LogP contribution in [0.2, 0.25) is 0 Å². The van der Waals surface area contributed by atoms with Gasteiger partial charge in [-0.1, -0.05) is 6.07 Å². The van der Waals surface area contributed by atoms with E-state index in [2.05, 4.69) is 34.9 Å². The zero-order valence-electron chi connectivity index (χ0n) is 16.8. The van der Waals surface area contributed by atoms with Gasteiger partial charge in [-0.15, -0.1) is 0 Å². The fraction of sp³-hybridized carbons (Fsp3) is 0.286. The molecule has 0 aliphatic carbocycles. The zero-order valence-corrected chi connectivity index (χ0v) is 16.8. The molecule has 0 heterocycles. The van der Waals surface area contributed by atoms with Crippen molar-refractivity contribution in [3.8, 4) is 0 Å². The normalized spacial score (nSPS) is 10.0. The Hall–Kier alpha value is -3.55. The predicted octanol–water partition coefficient (Wildman–Crippen LogP) is 3.18. The molecule has 0 aliphatic heterocycles. The molecular formula is C21H26N4O4. The molecule has 0 unspecified atom stereocenters. The minimum Gasteiger partial charge on any atom is -0.450 e. The zero-order chi connectivity index (χ0) is 21.2. The summed E-state index contributed by atoms with van der Waals surface area (Å²) in [6.45, 7) is 7.83. The average molecular weight is 398 g/mol. The molecule has 0 saturated carbocycles. The molecule has 0 spiro atoms. The lowest BCUT2D eigenvalue weighted by Crippen LogP contribution is -2.41. The molecule has 154 valence electrons. The van der Waals surface area contributed by atoms with E-state index in [1.165, 1.54) is 6.07 Å². The third kappa shape index (κ3) is 6.24. The first-order valence-electron chi connectivity index (χ1n) is 9.48. The van der Waals surface area contributed by atoms with Crippen molar-refractivity contribution in [2.45, 2.75) is 20.8 Å². The van der Waals surface area contributed by atoms with E-state index in [-0.39, 0.29) is 12.2 Å². The van der Waals surface area contributed by atoms with Gasteiger partial charge in [0.2, 0.25) is 0 Å². The summed E-state index contributed by atoms with van der Waals surface area (Å²) in [4.78, 5) is 38.2. The van der Waals surface area contributed by atoms with Gasteiger partial charge in [-0.2, -0.15) is 0 Å². The standard InChI is InChI=1S/C21H26N4O4/c1-4-25(5-2)18-12-10-15(11-13-18)19(26)23-24-20(27)16-8-7-9-17(14-16)22-21(28)29-6-3/h7-14H,4-6H2,1-3H3,(H,22,28)(H,23,26)(H,24,27). The van der Waals surface area contributed by atoms with Crippen LogP contribution in [-0.4, -0.2) is 37.6 Å². The van der Waals surface area contributed by atoms with E-state index in [1.807, 2.05) is 12.1 Å². The maximum absolute atomic E-state index is 12.3. The quantitative estimate of drug-likeness (QED) is 0.622. The summed E-state index contributed by atoms with van der Waals surface area (Å²) in [5.41, 5.74) is 6.90. The molecule has 2 aromatic rings. The summed E-state index contributed by atoms with van der Waals surface area (Å²) in [6, 6.07) is 13.4. The molecule has 3 amide bonds. The van der Waals surface area contributed by atoms with Crippen molar-refractivity contribution in [3.63, 3.8) is 0 Å². The van der Waals surface area contributed by atoms with E-state index >= 15 is 0 Å². The third-order valence-electron chi connectivity index (χ3n) is 4.19. The van der Waals surface area contributed by atoms with Gasteiger partial charge in [0.1, 0.15) is 0 Å². The van der Waals surface area contributed by atoms with Gasteiger partial charge in [0.05, 0.1) is 6.61 Å². The Morgan fingerprint density at radius 1 is 0.862 bits per heavy atom. The first kappa shape index (κ1) is 21.7. The van der Waals surface area contributed by atoms with Crippen LogP contribution in [0.3, 0.4) is 0 Å². The number of ether oxygens (including phenoxy) is 1. The molecule has 2 aromatic carbocycles. The number of hydrogen-bond donors (Lipinski definition) is 3. The number of carbonyl (C=O) groups is 3. The van der Waals surface area contributed by atoms with Crippen molar-refractivity contribution in [2.75, 3.05) is 29.9 Å². The Bertz CT molecular complexity index is 848. The molecule has 0 saturated heterocycles. The van der Waals surface area contributed by atoms with Gasteiger partial charge in [0.15, 0.2) is 0 Å². The van der Waals surface area contributed by atoms with E-state index in [4.69, 9.17) is 4.74 Å². The largest absolute Gasteiger partial charge is 0.450 e. The van der Waals surface area contributed by atoms with Gasteiger partial charge >= 0.3 is 6.09 Å². The first-order valence-corrected chi connectivity index (χ1v) is 9.48. The van der Waals surface area contributed by atoms with Gasteiger partial charge in [-0.25, -0.2) is 4.79 Å². The van der Waals surface area contributed by atoms with Crippen LogP contribution in [0.4, 0.5) is 16.2 Å². The minimum absolute atomic E-state index is 0.244. The number of benzene rings is 2. The van der Waals surface area contributed by atoms with Crippen molar-refractivity contribution in [1.29, 1.82) is 0 Å². The van der Waals surface area contributed by atoms with Crippen LogP contribution in [0, 0.1) is 0 Å². The van der Waals surface area contributed by atoms with Gasteiger partial charge < -0.3 is 9.64 Å². The number of hydrogen-bond acceptors (Lipinski definition) is 5. The lowest BCUT2D eigenvalue weighted by molar-refractivity contribution is 0.0846. The second kappa shape index (κ2) is 10.7. The van der Waals surface area contributed by atoms with E-state index in [0.717, 1.165) is 18.8 Å². The number of carbonyl (C=O) groups excluding carboxylic acids is 3. The Morgan fingerprint density at radius 3 is 2.07 bits per heavy atom. The van der Waals surface area contributed by atoms with Crippen molar-refractivity contribution < 1.29 is 19.1 Å². The molecule has 0 radical (unpaired) electrons. The van der Waals surface area contributed by atoms with Crippen LogP contribution in [0.1, 0.15) is 41.5 Å². The highest BCUT2D eigenvalue weighted by Crippen LogP contribution is 2.15. The van der Waals surface area contributed by atoms with Gasteiger partial charge in [-0.05, 0) is 63.2 Å². The van der Waals surface area contributed by atoms with Crippen LogP contribution in [0.5, 0.6) is 0 Å². The maximum Gasteiger partial charge on any atom is 0.411 e. The smallest absolute Gasteiger partial charge is 0.411 e. The molecule has 0 aromatic heterocycles. The summed E-state index contributed by atoms with van der Waals surface area (Å²) in [5.74, 6) is -0.934. The maximum atomic E-state index is 12.3. The number of nitrogens with zero attached hydrogens (tertiary/aromatic N) is 1. The topological polar surface area (TPSA) is 99.8 Å². The summed E-state index contributed by atoms with van der Waals surface area (Å²) >= 11 is 0. The van der Waals surface area contributed by atoms with Crippen LogP contribution in [0.15, 0.2) is 48.5 Å². The lowest BCUT2D eigenvalue weighted by Gasteiger charge is -2.21. The molecule has 3 N–H and O–H groups in total. The molecule has 0 aliphatic rings. The highest BCUT2D eigenvalue weighted by Gasteiger charge is 2.11. The first-order chi connectivity index (χ1) is 14.0. The van der Waals surface area contributed by atoms with Gasteiger partial charge in [-0.3, -0.25) is 25.8 Å². The lowest BCUT2D eigenvalue weighted by atomic mass is 10.2. The van der Waals surface area contributed by atoms with Gasteiger partial charge in [0, 0.05) is 35.6 Å². The second-order valence-electron chi connectivity index (χ2n) is 6.05. The third-order valence-corrected chi connectivity index (χ3v) is 4.19. The molecule has 2 rings (SSSR count). The van der Waals surface area contributed by atoms with Crippen LogP contribution in [0.25, 0.3) is 0 Å².